The first-order chi connectivity index (χ1) is 15.9. The molecule has 0 aromatic rings. The number of ketones is 2. The van der Waals surface area contributed by atoms with Gasteiger partial charge >= 0.3 is 0 Å². The van der Waals surface area contributed by atoms with Crippen LogP contribution in [0.15, 0.2) is 24.3 Å². The number of allylic oxidation sites excluding steroid dienone is 3. The summed E-state index contributed by atoms with van der Waals surface area (Å²) in [6.07, 6.45) is 0.0689. The first-order valence-electron chi connectivity index (χ1n) is 12.2. The Bertz CT molecular complexity index is 882. The highest BCUT2D eigenvalue weighted by Gasteiger charge is 2.61. The molecule has 10 atom stereocenters. The van der Waals surface area contributed by atoms with Crippen molar-refractivity contribution >= 4 is 11.6 Å². The molecule has 0 aromatic heterocycles. The average molecular weight is 479 g/mol. The predicted octanol–water partition coefficient (Wildman–Crippen LogP) is 1.30. The molecule has 2 saturated carbocycles. The summed E-state index contributed by atoms with van der Waals surface area (Å²) in [6.45, 7) is 9.38. The summed E-state index contributed by atoms with van der Waals surface area (Å²) in [5.41, 5.74) is -0.584. The molecule has 8 heteroatoms. The number of hydrogen-bond acceptors (Lipinski definition) is 8. The summed E-state index contributed by atoms with van der Waals surface area (Å²) in [7, 11) is 0. The van der Waals surface area contributed by atoms with Crippen molar-refractivity contribution in [3.8, 4) is 0 Å². The van der Waals surface area contributed by atoms with Crippen LogP contribution in [0.25, 0.3) is 0 Å². The van der Waals surface area contributed by atoms with E-state index < -0.39 is 42.7 Å². The van der Waals surface area contributed by atoms with E-state index in [4.69, 9.17) is 9.47 Å². The highest BCUT2D eigenvalue weighted by atomic mass is 16.7. The minimum absolute atomic E-state index is 0.00605. The second-order valence-corrected chi connectivity index (χ2v) is 11.4. The lowest BCUT2D eigenvalue weighted by atomic mass is 9.45. The fraction of sp³-hybridized carbons (Fsp3) is 0.769. The zero-order chi connectivity index (χ0) is 25.1. The zero-order valence-corrected chi connectivity index (χ0v) is 20.3. The van der Waals surface area contributed by atoms with Crippen molar-refractivity contribution in [3.63, 3.8) is 0 Å². The number of fused-ring (bicyclic) bond motifs is 3. The van der Waals surface area contributed by atoms with Crippen molar-refractivity contribution < 1.29 is 39.5 Å². The van der Waals surface area contributed by atoms with Gasteiger partial charge in [-0.25, -0.2) is 0 Å². The van der Waals surface area contributed by atoms with Crippen LogP contribution in [0.2, 0.25) is 0 Å². The Kier molecular flexibility index (Phi) is 6.72. The predicted molar refractivity (Wildman–Crippen MR) is 122 cm³/mol. The number of carbonyl (C=O) groups excluding carboxylic acids is 2. The lowest BCUT2D eigenvalue weighted by molar-refractivity contribution is -0.307. The molecule has 0 radical (unpaired) electrons. The minimum atomic E-state index is -1.55. The Hall–Kier alpha value is -1.42. The number of hydrogen-bond donors (Lipinski definition) is 4. The van der Waals surface area contributed by atoms with E-state index >= 15 is 0 Å². The molecule has 4 rings (SSSR count). The second kappa shape index (κ2) is 8.91. The fourth-order valence-electron chi connectivity index (χ4n) is 6.84. The number of aliphatic hydroxyl groups is 4. The van der Waals surface area contributed by atoms with E-state index in [9.17, 15) is 30.0 Å². The number of Topliss-reactive ketones (excluding diaryl/α,β-unsaturated/α-hetero) is 2. The highest BCUT2D eigenvalue weighted by Crippen LogP contribution is 2.62. The second-order valence-electron chi connectivity index (χ2n) is 11.4. The zero-order valence-electron chi connectivity index (χ0n) is 20.3. The van der Waals surface area contributed by atoms with Crippen molar-refractivity contribution in [1.82, 2.24) is 0 Å². The standard InChI is InChI=1S/C26H38O8/c1-5-24(2)8-6-15-14(11-24)16(28)10-18-25(15,3)9-7-19(29)26(18,4)13-33-23-22(32)21(31)20(30)17(12-27)34-23/h5,11,15,17-18,20-23,27,30-32H,1,6-10,12-13H2,2-4H3/t15?,17?,18?,20-,21?,22?,23-,24+,25-,26-/m1/s1. The molecule has 1 aliphatic heterocycles. The topological polar surface area (TPSA) is 134 Å². The van der Waals surface area contributed by atoms with Gasteiger partial charge in [0.25, 0.3) is 0 Å². The Morgan fingerprint density at radius 1 is 1.15 bits per heavy atom. The van der Waals surface area contributed by atoms with Crippen molar-refractivity contribution in [1.29, 1.82) is 0 Å². The maximum absolute atomic E-state index is 13.3. The van der Waals surface area contributed by atoms with Crippen molar-refractivity contribution in [3.05, 3.63) is 24.3 Å². The quantitative estimate of drug-likeness (QED) is 0.435. The number of ether oxygens (including phenoxy) is 2. The molecule has 3 fully saturated rings. The van der Waals surface area contributed by atoms with Crippen LogP contribution in [0.3, 0.4) is 0 Å². The summed E-state index contributed by atoms with van der Waals surface area (Å²) in [5, 5.41) is 39.9. The van der Waals surface area contributed by atoms with Crippen molar-refractivity contribution in [2.75, 3.05) is 13.2 Å². The lowest BCUT2D eigenvalue weighted by Gasteiger charge is -2.58. The molecule has 190 valence electrons. The molecule has 0 amide bonds. The van der Waals surface area contributed by atoms with Crippen LogP contribution in [0.1, 0.15) is 52.9 Å². The van der Waals surface area contributed by atoms with E-state index in [1.54, 1.807) is 0 Å². The molecular formula is C26H38O8. The van der Waals surface area contributed by atoms with Gasteiger partial charge in [0.15, 0.2) is 12.1 Å². The van der Waals surface area contributed by atoms with Gasteiger partial charge in [0.2, 0.25) is 0 Å². The molecule has 4 N–H and O–H groups in total. The van der Waals surface area contributed by atoms with Crippen molar-refractivity contribution in [2.24, 2.45) is 28.1 Å². The Labute approximate surface area is 200 Å². The number of carbonyl (C=O) groups is 2. The van der Waals surface area contributed by atoms with E-state index in [1.165, 1.54) is 0 Å². The van der Waals surface area contributed by atoms with Gasteiger partial charge in [0.05, 0.1) is 18.6 Å². The van der Waals surface area contributed by atoms with Crippen LogP contribution in [-0.4, -0.2) is 75.9 Å². The Morgan fingerprint density at radius 2 is 1.85 bits per heavy atom. The summed E-state index contributed by atoms with van der Waals surface area (Å²) < 4.78 is 11.3. The van der Waals surface area contributed by atoms with Gasteiger partial charge < -0.3 is 29.9 Å². The van der Waals surface area contributed by atoms with Crippen LogP contribution in [0, 0.1) is 28.1 Å². The van der Waals surface area contributed by atoms with Crippen LogP contribution < -0.4 is 0 Å². The lowest BCUT2D eigenvalue weighted by Crippen LogP contribution is -2.61. The van der Waals surface area contributed by atoms with E-state index in [-0.39, 0.29) is 47.3 Å². The van der Waals surface area contributed by atoms with Gasteiger partial charge in [-0.05, 0) is 42.1 Å². The third-order valence-electron chi connectivity index (χ3n) is 9.29. The summed E-state index contributed by atoms with van der Waals surface area (Å²) in [4.78, 5) is 26.6. The Balaban J connectivity index is 1.59. The molecular weight excluding hydrogens is 440 g/mol. The SMILES string of the molecule is C=C[C@]1(C)C=C2C(=O)CC3[C@](C)(CCC(=O)[C@]3(C)CO[C@@H]3OC(CO)[C@@H](O)C(O)C3O)C2CC1. The monoisotopic (exact) mass is 478 g/mol. The summed E-state index contributed by atoms with van der Waals surface area (Å²) in [5.74, 6) is -0.110. The molecule has 1 heterocycles. The molecule has 8 nitrogen and oxygen atoms in total. The highest BCUT2D eigenvalue weighted by molar-refractivity contribution is 5.99. The van der Waals surface area contributed by atoms with Crippen LogP contribution in [0.4, 0.5) is 0 Å². The minimum Gasteiger partial charge on any atom is -0.394 e. The molecule has 3 aliphatic carbocycles. The van der Waals surface area contributed by atoms with E-state index in [0.29, 0.717) is 12.8 Å². The molecule has 4 aliphatic rings. The summed E-state index contributed by atoms with van der Waals surface area (Å²) in [6, 6.07) is 0. The molecule has 34 heavy (non-hydrogen) atoms. The smallest absolute Gasteiger partial charge is 0.186 e. The van der Waals surface area contributed by atoms with E-state index in [0.717, 1.165) is 18.4 Å². The first kappa shape index (κ1) is 25.7. The van der Waals surface area contributed by atoms with Gasteiger partial charge in [-0.3, -0.25) is 9.59 Å². The Morgan fingerprint density at radius 3 is 2.50 bits per heavy atom. The molecule has 0 spiro atoms. The molecule has 0 aromatic carbocycles. The van der Waals surface area contributed by atoms with Gasteiger partial charge in [-0.1, -0.05) is 32.9 Å². The van der Waals surface area contributed by atoms with Crippen molar-refractivity contribution in [2.45, 2.75) is 83.6 Å². The molecule has 1 saturated heterocycles. The maximum atomic E-state index is 13.3. The van der Waals surface area contributed by atoms with Crippen LogP contribution in [0.5, 0.6) is 0 Å². The van der Waals surface area contributed by atoms with Crippen LogP contribution in [-0.2, 0) is 19.1 Å². The number of rotatable bonds is 5. The maximum Gasteiger partial charge on any atom is 0.186 e. The normalized spacial score (nSPS) is 49.1. The summed E-state index contributed by atoms with van der Waals surface area (Å²) >= 11 is 0. The van der Waals surface area contributed by atoms with Crippen LogP contribution >= 0.6 is 0 Å². The first-order valence-corrected chi connectivity index (χ1v) is 12.2. The fourth-order valence-corrected chi connectivity index (χ4v) is 6.84. The van der Waals surface area contributed by atoms with Gasteiger partial charge in [-0.2, -0.15) is 0 Å². The molecule has 5 unspecified atom stereocenters. The van der Waals surface area contributed by atoms with Gasteiger partial charge in [0, 0.05) is 18.3 Å². The van der Waals surface area contributed by atoms with Gasteiger partial charge in [-0.15, -0.1) is 6.58 Å². The third kappa shape index (κ3) is 3.92. The molecule has 0 bridgehead atoms. The number of aliphatic hydroxyl groups excluding tert-OH is 4. The van der Waals surface area contributed by atoms with Gasteiger partial charge in [0.1, 0.15) is 30.2 Å². The average Bonchev–Trinajstić information content (AvgIpc) is 2.82. The largest absolute Gasteiger partial charge is 0.394 e. The van der Waals surface area contributed by atoms with E-state index in [2.05, 4.69) is 26.5 Å². The third-order valence-corrected chi connectivity index (χ3v) is 9.29. The van der Waals surface area contributed by atoms with E-state index in [1.807, 2.05) is 13.0 Å².